The van der Waals surface area contributed by atoms with Gasteiger partial charge in [0, 0.05) is 10.7 Å². The number of halogens is 1. The Morgan fingerprint density at radius 2 is 2.25 bits per heavy atom. The van der Waals surface area contributed by atoms with E-state index in [0.717, 1.165) is 10.0 Å². The van der Waals surface area contributed by atoms with Gasteiger partial charge in [0.2, 0.25) is 0 Å². The minimum Gasteiger partial charge on any atom is -0.482 e. The molecule has 20 heavy (non-hydrogen) atoms. The smallest absolute Gasteiger partial charge is 0.262 e. The number of ether oxygens (including phenoxy) is 1. The highest BCUT2D eigenvalue weighted by atomic mass is 79.9. The Kier molecular flexibility index (Phi) is 4.57. The average Bonchev–Trinajstić information content (AvgIpc) is 2.41. The standard InChI is InChI=1S/C14H14BrN3O2/c1-9-3-2-4-12(16)14(9)18-13(19)8-20-11-5-10(15)6-17-7-11/h2-7H,8,16H2,1H3,(H,18,19). The van der Waals surface area contributed by atoms with E-state index in [1.807, 2.05) is 19.1 Å². The maximum atomic E-state index is 11.9. The fourth-order valence-corrected chi connectivity index (χ4v) is 2.00. The van der Waals surface area contributed by atoms with Gasteiger partial charge in [-0.1, -0.05) is 12.1 Å². The minimum atomic E-state index is -0.272. The number of nitrogens with two attached hydrogens (primary N) is 1. The summed E-state index contributed by atoms with van der Waals surface area (Å²) < 4.78 is 6.15. The molecule has 0 fully saturated rings. The lowest BCUT2D eigenvalue weighted by Crippen LogP contribution is -2.21. The zero-order chi connectivity index (χ0) is 14.5. The first kappa shape index (κ1) is 14.3. The van der Waals surface area contributed by atoms with Gasteiger partial charge in [-0.15, -0.1) is 0 Å². The zero-order valence-corrected chi connectivity index (χ0v) is 12.5. The first-order valence-corrected chi connectivity index (χ1v) is 6.74. The molecule has 0 saturated heterocycles. The molecule has 5 nitrogen and oxygen atoms in total. The van der Waals surface area contributed by atoms with Crippen LogP contribution in [-0.2, 0) is 4.79 Å². The van der Waals surface area contributed by atoms with Gasteiger partial charge in [0.15, 0.2) is 6.61 Å². The van der Waals surface area contributed by atoms with Gasteiger partial charge < -0.3 is 15.8 Å². The number of aromatic nitrogens is 1. The highest BCUT2D eigenvalue weighted by molar-refractivity contribution is 9.10. The second-order valence-corrected chi connectivity index (χ2v) is 5.13. The van der Waals surface area contributed by atoms with Gasteiger partial charge in [0.25, 0.3) is 5.91 Å². The van der Waals surface area contributed by atoms with Gasteiger partial charge in [0.1, 0.15) is 5.75 Å². The number of aryl methyl sites for hydroxylation is 1. The number of carbonyl (C=O) groups excluding carboxylic acids is 1. The number of nitrogen functional groups attached to an aromatic ring is 1. The molecule has 0 radical (unpaired) electrons. The molecule has 0 aliphatic heterocycles. The largest absolute Gasteiger partial charge is 0.482 e. The normalized spacial score (nSPS) is 10.1. The van der Waals surface area contributed by atoms with Crippen LogP contribution in [-0.4, -0.2) is 17.5 Å². The van der Waals surface area contributed by atoms with Gasteiger partial charge in [-0.25, -0.2) is 0 Å². The quantitative estimate of drug-likeness (QED) is 0.842. The van der Waals surface area contributed by atoms with Crippen molar-refractivity contribution in [2.24, 2.45) is 0 Å². The Balaban J connectivity index is 1.96. The summed E-state index contributed by atoms with van der Waals surface area (Å²) in [5.41, 5.74) is 7.88. The number of carbonyl (C=O) groups is 1. The first-order valence-electron chi connectivity index (χ1n) is 5.94. The average molecular weight is 336 g/mol. The van der Waals surface area contributed by atoms with Crippen LogP contribution < -0.4 is 15.8 Å². The maximum Gasteiger partial charge on any atom is 0.262 e. The van der Waals surface area contributed by atoms with E-state index in [1.165, 1.54) is 0 Å². The predicted octanol–water partition coefficient (Wildman–Crippen LogP) is 2.75. The number of nitrogens with zero attached hydrogens (tertiary/aromatic N) is 1. The zero-order valence-electron chi connectivity index (χ0n) is 10.9. The van der Waals surface area contributed by atoms with Crippen molar-refractivity contribution in [3.05, 3.63) is 46.7 Å². The molecule has 104 valence electrons. The van der Waals surface area contributed by atoms with Crippen molar-refractivity contribution in [1.82, 2.24) is 4.98 Å². The second kappa shape index (κ2) is 6.38. The third-order valence-corrected chi connectivity index (χ3v) is 3.05. The van der Waals surface area contributed by atoms with Crippen LogP contribution in [0, 0.1) is 6.92 Å². The van der Waals surface area contributed by atoms with Gasteiger partial charge in [-0.3, -0.25) is 9.78 Å². The molecule has 0 atom stereocenters. The number of hydrogen-bond acceptors (Lipinski definition) is 4. The number of amides is 1. The second-order valence-electron chi connectivity index (χ2n) is 4.21. The van der Waals surface area contributed by atoms with Gasteiger partial charge in [-0.05, 0) is 40.5 Å². The van der Waals surface area contributed by atoms with Crippen molar-refractivity contribution in [2.45, 2.75) is 6.92 Å². The SMILES string of the molecule is Cc1cccc(N)c1NC(=O)COc1cncc(Br)c1. The van der Waals surface area contributed by atoms with Crippen molar-refractivity contribution in [3.63, 3.8) is 0 Å². The van der Waals surface area contributed by atoms with E-state index < -0.39 is 0 Å². The minimum absolute atomic E-state index is 0.105. The number of hydrogen-bond donors (Lipinski definition) is 2. The number of para-hydroxylation sites is 1. The molecule has 0 unspecified atom stereocenters. The van der Waals surface area contributed by atoms with E-state index in [4.69, 9.17) is 10.5 Å². The third kappa shape index (κ3) is 3.71. The molecule has 6 heteroatoms. The Hall–Kier alpha value is -2.08. The van der Waals surface area contributed by atoms with Crippen LogP contribution >= 0.6 is 15.9 Å². The molecule has 1 amide bonds. The van der Waals surface area contributed by atoms with Gasteiger partial charge in [-0.2, -0.15) is 0 Å². The summed E-state index contributed by atoms with van der Waals surface area (Å²) >= 11 is 3.28. The third-order valence-electron chi connectivity index (χ3n) is 2.62. The molecule has 2 rings (SSSR count). The fourth-order valence-electron chi connectivity index (χ4n) is 1.66. The maximum absolute atomic E-state index is 11.9. The lowest BCUT2D eigenvalue weighted by Gasteiger charge is -2.11. The van der Waals surface area contributed by atoms with E-state index in [-0.39, 0.29) is 12.5 Å². The molecule has 3 N–H and O–H groups in total. The number of nitrogens with one attached hydrogen (secondary N) is 1. The Morgan fingerprint density at radius 3 is 2.95 bits per heavy atom. The van der Waals surface area contributed by atoms with Gasteiger partial charge >= 0.3 is 0 Å². The fraction of sp³-hybridized carbons (Fsp3) is 0.143. The van der Waals surface area contributed by atoms with E-state index in [9.17, 15) is 4.79 Å². The number of benzene rings is 1. The molecule has 0 aliphatic rings. The van der Waals surface area contributed by atoms with E-state index in [2.05, 4.69) is 26.2 Å². The number of anilines is 2. The molecule has 1 aromatic carbocycles. The lowest BCUT2D eigenvalue weighted by molar-refractivity contribution is -0.118. The van der Waals surface area contributed by atoms with Crippen molar-refractivity contribution in [2.75, 3.05) is 17.7 Å². The highest BCUT2D eigenvalue weighted by Crippen LogP contribution is 2.22. The molecule has 0 aliphatic carbocycles. The van der Waals surface area contributed by atoms with Gasteiger partial charge in [0.05, 0.1) is 17.6 Å². The van der Waals surface area contributed by atoms with Crippen LogP contribution in [0.1, 0.15) is 5.56 Å². The van der Waals surface area contributed by atoms with Crippen LogP contribution in [0.15, 0.2) is 41.1 Å². The summed E-state index contributed by atoms with van der Waals surface area (Å²) in [6, 6.07) is 7.19. The van der Waals surface area contributed by atoms with Crippen LogP contribution in [0.5, 0.6) is 5.75 Å². The van der Waals surface area contributed by atoms with E-state index in [1.54, 1.807) is 24.5 Å². The van der Waals surface area contributed by atoms with Crippen molar-refractivity contribution in [1.29, 1.82) is 0 Å². The molecule has 1 heterocycles. The molecular weight excluding hydrogens is 322 g/mol. The first-order chi connectivity index (χ1) is 9.56. The monoisotopic (exact) mass is 335 g/mol. The van der Waals surface area contributed by atoms with Crippen LogP contribution in [0.3, 0.4) is 0 Å². The molecule has 0 saturated carbocycles. The molecule has 0 spiro atoms. The number of rotatable bonds is 4. The molecule has 1 aromatic heterocycles. The number of pyridine rings is 1. The summed E-state index contributed by atoms with van der Waals surface area (Å²) in [5, 5.41) is 2.74. The van der Waals surface area contributed by atoms with E-state index in [0.29, 0.717) is 17.1 Å². The Morgan fingerprint density at radius 1 is 1.45 bits per heavy atom. The molecule has 2 aromatic rings. The molecular formula is C14H14BrN3O2. The lowest BCUT2D eigenvalue weighted by atomic mass is 10.1. The Bertz CT molecular complexity index is 611. The summed E-state index contributed by atoms with van der Waals surface area (Å²) in [4.78, 5) is 15.8. The highest BCUT2D eigenvalue weighted by Gasteiger charge is 2.08. The van der Waals surface area contributed by atoms with Crippen molar-refractivity contribution >= 4 is 33.2 Å². The van der Waals surface area contributed by atoms with Crippen LogP contribution in [0.2, 0.25) is 0 Å². The molecule has 0 bridgehead atoms. The van der Waals surface area contributed by atoms with Crippen molar-refractivity contribution < 1.29 is 9.53 Å². The van der Waals surface area contributed by atoms with Crippen LogP contribution in [0.4, 0.5) is 11.4 Å². The summed E-state index contributed by atoms with van der Waals surface area (Å²) in [7, 11) is 0. The van der Waals surface area contributed by atoms with Crippen LogP contribution in [0.25, 0.3) is 0 Å². The Labute approximate surface area is 125 Å². The topological polar surface area (TPSA) is 77.2 Å². The summed E-state index contributed by atoms with van der Waals surface area (Å²) in [6.45, 7) is 1.77. The summed E-state index contributed by atoms with van der Waals surface area (Å²) in [5.74, 6) is 0.248. The van der Waals surface area contributed by atoms with Crippen molar-refractivity contribution in [3.8, 4) is 5.75 Å². The summed E-state index contributed by atoms with van der Waals surface area (Å²) in [6.07, 6.45) is 3.18. The predicted molar refractivity (Wildman–Crippen MR) is 81.7 cm³/mol. The van der Waals surface area contributed by atoms with E-state index >= 15 is 0 Å².